The van der Waals surface area contributed by atoms with Gasteiger partial charge in [-0.2, -0.15) is 0 Å². The molecule has 1 aliphatic rings. The molecule has 1 atom stereocenters. The van der Waals surface area contributed by atoms with Crippen molar-refractivity contribution < 1.29 is 14.6 Å². The zero-order chi connectivity index (χ0) is 11.7. The van der Waals surface area contributed by atoms with Gasteiger partial charge in [-0.15, -0.1) is 0 Å². The molecule has 0 amide bonds. The van der Waals surface area contributed by atoms with Crippen LogP contribution in [0, 0.1) is 0 Å². The number of carboxylic acid groups (broad SMARTS) is 1. The van der Waals surface area contributed by atoms with E-state index in [9.17, 15) is 4.79 Å². The van der Waals surface area contributed by atoms with Crippen LogP contribution >= 0.6 is 0 Å². The normalized spacial score (nSPS) is 18.4. The molecule has 0 spiro atoms. The van der Waals surface area contributed by atoms with E-state index in [0.29, 0.717) is 13.2 Å². The van der Waals surface area contributed by atoms with E-state index in [-0.39, 0.29) is 0 Å². The summed E-state index contributed by atoms with van der Waals surface area (Å²) < 4.78 is 5.51. The number of ether oxygens (including phenoxy) is 1. The third-order valence-corrected chi connectivity index (χ3v) is 2.84. The van der Waals surface area contributed by atoms with Crippen molar-refractivity contribution in [1.29, 1.82) is 0 Å². The second-order valence-electron chi connectivity index (χ2n) is 3.90. The fourth-order valence-electron chi connectivity index (χ4n) is 2.18. The highest BCUT2D eigenvalue weighted by Crippen LogP contribution is 2.41. The quantitative estimate of drug-likeness (QED) is 0.844. The maximum Gasteiger partial charge on any atom is 0.312 e. The lowest BCUT2D eigenvalue weighted by molar-refractivity contribution is -0.138. The number of likely N-dealkylation sites (N-methyl/N-ethyl adjacent to an activating group) is 1. The molecule has 1 aromatic carbocycles. The van der Waals surface area contributed by atoms with Gasteiger partial charge in [-0.05, 0) is 18.6 Å². The van der Waals surface area contributed by atoms with E-state index in [4.69, 9.17) is 9.84 Å². The third-order valence-electron chi connectivity index (χ3n) is 2.84. The van der Waals surface area contributed by atoms with Gasteiger partial charge in [0.25, 0.3) is 0 Å². The van der Waals surface area contributed by atoms with Crippen LogP contribution in [0.5, 0.6) is 5.75 Å². The second kappa shape index (κ2) is 4.04. The fourth-order valence-corrected chi connectivity index (χ4v) is 2.18. The highest BCUT2D eigenvalue weighted by Gasteiger charge is 2.33. The molecule has 16 heavy (non-hydrogen) atoms. The number of aliphatic carboxylic acids is 1. The molecular formula is C12H15NO3. The third kappa shape index (κ3) is 1.60. The molecule has 1 heterocycles. The molecule has 1 unspecified atom stereocenters. The van der Waals surface area contributed by atoms with E-state index in [1.807, 2.05) is 37.1 Å². The van der Waals surface area contributed by atoms with Crippen LogP contribution < -0.4 is 9.64 Å². The topological polar surface area (TPSA) is 49.8 Å². The maximum absolute atomic E-state index is 11.1. The number of para-hydroxylation sites is 1. The van der Waals surface area contributed by atoms with Crippen molar-refractivity contribution >= 4 is 11.7 Å². The monoisotopic (exact) mass is 221 g/mol. The van der Waals surface area contributed by atoms with Crippen LogP contribution in [-0.4, -0.2) is 31.3 Å². The first-order valence-electron chi connectivity index (χ1n) is 5.34. The van der Waals surface area contributed by atoms with Gasteiger partial charge in [0.1, 0.15) is 11.7 Å². The maximum atomic E-state index is 11.1. The first-order valence-corrected chi connectivity index (χ1v) is 5.34. The number of hydrogen-bond acceptors (Lipinski definition) is 3. The van der Waals surface area contributed by atoms with Crippen LogP contribution in [0.3, 0.4) is 0 Å². The van der Waals surface area contributed by atoms with Gasteiger partial charge in [0, 0.05) is 13.6 Å². The fraction of sp³-hybridized carbons (Fsp3) is 0.417. The van der Waals surface area contributed by atoms with Crippen LogP contribution in [0.25, 0.3) is 0 Å². The van der Waals surface area contributed by atoms with Gasteiger partial charge in [0.05, 0.1) is 12.3 Å². The lowest BCUT2D eigenvalue weighted by Crippen LogP contribution is -2.20. The smallest absolute Gasteiger partial charge is 0.312 e. The molecule has 0 bridgehead atoms. The summed E-state index contributed by atoms with van der Waals surface area (Å²) in [6.45, 7) is 3.01. The van der Waals surface area contributed by atoms with Gasteiger partial charge in [0.15, 0.2) is 0 Å². The van der Waals surface area contributed by atoms with E-state index < -0.39 is 11.9 Å². The molecule has 1 N–H and O–H groups in total. The van der Waals surface area contributed by atoms with E-state index >= 15 is 0 Å². The van der Waals surface area contributed by atoms with Crippen molar-refractivity contribution in [2.24, 2.45) is 0 Å². The number of anilines is 1. The van der Waals surface area contributed by atoms with Crippen molar-refractivity contribution in [3.05, 3.63) is 23.8 Å². The standard InChI is InChI=1S/C12H15NO3/c1-3-16-10-6-4-5-8-9(12(14)15)7-13(2)11(8)10/h4-6,9H,3,7H2,1-2H3,(H,14,15). The Balaban J connectivity index is 2.46. The van der Waals surface area contributed by atoms with Crippen LogP contribution in [0.2, 0.25) is 0 Å². The lowest BCUT2D eigenvalue weighted by Gasteiger charge is -2.16. The summed E-state index contributed by atoms with van der Waals surface area (Å²) >= 11 is 0. The average Bonchev–Trinajstić information content (AvgIpc) is 2.58. The number of nitrogens with zero attached hydrogens (tertiary/aromatic N) is 1. The van der Waals surface area contributed by atoms with Crippen molar-refractivity contribution in [3.63, 3.8) is 0 Å². The van der Waals surface area contributed by atoms with Crippen molar-refractivity contribution in [2.45, 2.75) is 12.8 Å². The Morgan fingerprint density at radius 1 is 1.62 bits per heavy atom. The van der Waals surface area contributed by atoms with Gasteiger partial charge < -0.3 is 14.7 Å². The molecule has 2 rings (SSSR count). The highest BCUT2D eigenvalue weighted by molar-refractivity contribution is 5.84. The van der Waals surface area contributed by atoms with Crippen LogP contribution in [0.4, 0.5) is 5.69 Å². The van der Waals surface area contributed by atoms with E-state index in [1.54, 1.807) is 0 Å². The Hall–Kier alpha value is -1.71. The Kier molecular flexibility index (Phi) is 2.73. The molecule has 86 valence electrons. The number of fused-ring (bicyclic) bond motifs is 1. The Morgan fingerprint density at radius 2 is 2.38 bits per heavy atom. The van der Waals surface area contributed by atoms with Gasteiger partial charge in [-0.1, -0.05) is 12.1 Å². The summed E-state index contributed by atoms with van der Waals surface area (Å²) in [4.78, 5) is 13.1. The number of carboxylic acids is 1. The molecular weight excluding hydrogens is 206 g/mol. The molecule has 0 saturated heterocycles. The van der Waals surface area contributed by atoms with Gasteiger partial charge >= 0.3 is 5.97 Å². The molecule has 4 heteroatoms. The van der Waals surface area contributed by atoms with Crippen molar-refractivity contribution in [2.75, 3.05) is 25.1 Å². The first kappa shape index (κ1) is 10.8. The number of rotatable bonds is 3. The minimum atomic E-state index is -0.778. The van der Waals surface area contributed by atoms with Gasteiger partial charge in [0.2, 0.25) is 0 Å². The summed E-state index contributed by atoms with van der Waals surface area (Å²) in [7, 11) is 1.89. The van der Waals surface area contributed by atoms with Crippen molar-refractivity contribution in [3.8, 4) is 5.75 Å². The zero-order valence-electron chi connectivity index (χ0n) is 9.43. The molecule has 0 aromatic heterocycles. The minimum absolute atomic E-state index is 0.444. The molecule has 0 saturated carbocycles. The van der Waals surface area contributed by atoms with Crippen LogP contribution in [0.15, 0.2) is 18.2 Å². The molecule has 1 aromatic rings. The van der Waals surface area contributed by atoms with Gasteiger partial charge in [-0.25, -0.2) is 0 Å². The highest BCUT2D eigenvalue weighted by atomic mass is 16.5. The largest absolute Gasteiger partial charge is 0.492 e. The lowest BCUT2D eigenvalue weighted by atomic mass is 10.0. The summed E-state index contributed by atoms with van der Waals surface area (Å²) in [5, 5.41) is 9.13. The predicted molar refractivity (Wildman–Crippen MR) is 61.3 cm³/mol. The Bertz CT molecular complexity index is 417. The van der Waals surface area contributed by atoms with Crippen LogP contribution in [-0.2, 0) is 4.79 Å². The summed E-state index contributed by atoms with van der Waals surface area (Å²) in [6, 6.07) is 5.59. The Morgan fingerprint density at radius 3 is 3.00 bits per heavy atom. The number of carbonyl (C=O) groups is 1. The molecule has 1 aliphatic heterocycles. The molecule has 4 nitrogen and oxygen atoms in total. The second-order valence-corrected chi connectivity index (χ2v) is 3.90. The minimum Gasteiger partial charge on any atom is -0.492 e. The average molecular weight is 221 g/mol. The summed E-state index contributed by atoms with van der Waals surface area (Å²) in [5.41, 5.74) is 1.76. The predicted octanol–water partition coefficient (Wildman–Crippen LogP) is 1.70. The number of hydrogen-bond donors (Lipinski definition) is 1. The van der Waals surface area contributed by atoms with Crippen molar-refractivity contribution in [1.82, 2.24) is 0 Å². The number of benzene rings is 1. The molecule has 0 radical (unpaired) electrons. The molecule has 0 aliphatic carbocycles. The first-order chi connectivity index (χ1) is 7.65. The van der Waals surface area contributed by atoms with Crippen LogP contribution in [0.1, 0.15) is 18.4 Å². The van der Waals surface area contributed by atoms with E-state index in [1.165, 1.54) is 0 Å². The van der Waals surface area contributed by atoms with E-state index in [0.717, 1.165) is 17.0 Å². The summed E-state index contributed by atoms with van der Waals surface area (Å²) in [5.74, 6) is -0.453. The zero-order valence-corrected chi connectivity index (χ0v) is 9.43. The molecule has 0 fully saturated rings. The SMILES string of the molecule is CCOc1cccc2c1N(C)CC2C(=O)O. The Labute approximate surface area is 94.4 Å². The van der Waals surface area contributed by atoms with E-state index in [2.05, 4.69) is 0 Å². The van der Waals surface area contributed by atoms with Gasteiger partial charge in [-0.3, -0.25) is 4.79 Å². The summed E-state index contributed by atoms with van der Waals surface area (Å²) in [6.07, 6.45) is 0.